The molecule has 0 atom stereocenters. The van der Waals surface area contributed by atoms with Gasteiger partial charge in [-0.2, -0.15) is 0 Å². The summed E-state index contributed by atoms with van der Waals surface area (Å²) in [5, 5.41) is 6.15. The number of rotatable bonds is 2. The molecule has 3 nitrogen and oxygen atoms in total. The summed E-state index contributed by atoms with van der Waals surface area (Å²) < 4.78 is 7.35. The Morgan fingerprint density at radius 1 is 1.32 bits per heavy atom. The first-order valence-electron chi connectivity index (χ1n) is 5.41. The summed E-state index contributed by atoms with van der Waals surface area (Å²) in [6.45, 7) is 0. The van der Waals surface area contributed by atoms with Crippen LogP contribution in [-0.4, -0.2) is 5.16 Å². The van der Waals surface area contributed by atoms with Crippen LogP contribution < -0.4 is 5.73 Å². The summed E-state index contributed by atoms with van der Waals surface area (Å²) in [5.41, 5.74) is 9.57. The van der Waals surface area contributed by atoms with E-state index in [1.807, 2.05) is 24.3 Å². The van der Waals surface area contributed by atoms with Gasteiger partial charge in [0.2, 0.25) is 5.88 Å². The Balaban J connectivity index is 2.22. The van der Waals surface area contributed by atoms with Crippen molar-refractivity contribution in [3.8, 4) is 22.4 Å². The van der Waals surface area contributed by atoms with Crippen LogP contribution in [0.3, 0.4) is 0 Å². The number of thiophene rings is 1. The summed E-state index contributed by atoms with van der Waals surface area (Å²) in [6, 6.07) is 9.97. The molecule has 0 amide bonds. The second-order valence-corrected chi connectivity index (χ2v) is 7.55. The van der Waals surface area contributed by atoms with E-state index in [9.17, 15) is 0 Å². The van der Waals surface area contributed by atoms with Crippen LogP contribution in [-0.2, 0) is 0 Å². The Labute approximate surface area is 136 Å². The number of hydrogen-bond acceptors (Lipinski definition) is 4. The van der Waals surface area contributed by atoms with Crippen LogP contribution in [0.1, 0.15) is 0 Å². The fourth-order valence-electron chi connectivity index (χ4n) is 1.86. The number of nitrogens with two attached hydrogens (primary N) is 1. The first-order valence-corrected chi connectivity index (χ1v) is 8.16. The second kappa shape index (κ2) is 5.26. The Kier molecular flexibility index (Phi) is 3.64. The molecule has 0 spiro atoms. The van der Waals surface area contributed by atoms with E-state index in [4.69, 9.17) is 10.3 Å². The number of anilines is 1. The quantitative estimate of drug-likeness (QED) is 0.562. The Hall–Kier alpha value is -0.860. The molecule has 2 N–H and O–H groups in total. The Morgan fingerprint density at radius 3 is 2.79 bits per heavy atom. The van der Waals surface area contributed by atoms with E-state index in [2.05, 4.69) is 55.1 Å². The molecule has 0 fully saturated rings. The molecule has 0 saturated carbocycles. The number of hydrogen-bond donors (Lipinski definition) is 1. The zero-order valence-corrected chi connectivity index (χ0v) is 14.1. The van der Waals surface area contributed by atoms with Crippen molar-refractivity contribution >= 4 is 55.7 Å². The number of aromatic nitrogens is 1. The molecule has 0 saturated heterocycles. The van der Waals surface area contributed by atoms with Crippen LogP contribution in [0.2, 0.25) is 0 Å². The highest BCUT2D eigenvalue weighted by Crippen LogP contribution is 2.40. The monoisotopic (exact) mass is 446 g/mol. The Morgan fingerprint density at radius 2 is 2.11 bits per heavy atom. The molecule has 3 aromatic rings. The van der Waals surface area contributed by atoms with Gasteiger partial charge in [0, 0.05) is 21.0 Å². The van der Waals surface area contributed by atoms with E-state index in [0.717, 1.165) is 26.9 Å². The first-order chi connectivity index (χ1) is 9.16. The van der Waals surface area contributed by atoms with Crippen molar-refractivity contribution in [3.05, 3.63) is 43.1 Å². The number of halogens is 2. The van der Waals surface area contributed by atoms with Gasteiger partial charge >= 0.3 is 0 Å². The normalized spacial score (nSPS) is 10.8. The minimum atomic E-state index is 0.336. The van der Waals surface area contributed by atoms with E-state index in [1.54, 1.807) is 11.3 Å². The van der Waals surface area contributed by atoms with Crippen molar-refractivity contribution < 1.29 is 4.52 Å². The minimum absolute atomic E-state index is 0.336. The maximum absolute atomic E-state index is 5.94. The lowest BCUT2D eigenvalue weighted by Crippen LogP contribution is -1.88. The van der Waals surface area contributed by atoms with Crippen molar-refractivity contribution in [2.24, 2.45) is 0 Å². The fraction of sp³-hybridized carbons (Fsp3) is 0. The van der Waals surface area contributed by atoms with Gasteiger partial charge in [0.25, 0.3) is 0 Å². The topological polar surface area (TPSA) is 52.0 Å². The van der Waals surface area contributed by atoms with E-state index in [1.165, 1.54) is 2.88 Å². The molecular weight excluding hydrogens is 439 g/mol. The van der Waals surface area contributed by atoms with E-state index in [0.29, 0.717) is 5.88 Å². The molecule has 96 valence electrons. The van der Waals surface area contributed by atoms with Crippen LogP contribution >= 0.6 is 49.9 Å². The van der Waals surface area contributed by atoms with Gasteiger partial charge in [-0.25, -0.2) is 0 Å². The molecule has 1 aromatic carbocycles. The molecule has 0 aliphatic carbocycles. The summed E-state index contributed by atoms with van der Waals surface area (Å²) in [5.74, 6) is 0.336. The summed E-state index contributed by atoms with van der Waals surface area (Å²) in [4.78, 5) is 0. The number of nitrogens with zero attached hydrogens (tertiary/aromatic N) is 1. The molecule has 3 rings (SSSR count). The fourth-order valence-corrected chi connectivity index (χ4v) is 3.67. The highest BCUT2D eigenvalue weighted by Gasteiger charge is 2.19. The third kappa shape index (κ3) is 2.44. The largest absolute Gasteiger partial charge is 0.367 e. The van der Waals surface area contributed by atoms with Gasteiger partial charge in [-0.15, -0.1) is 11.3 Å². The van der Waals surface area contributed by atoms with Gasteiger partial charge in [-0.05, 0) is 34.7 Å². The van der Waals surface area contributed by atoms with Crippen LogP contribution in [0.5, 0.6) is 0 Å². The molecule has 0 aliphatic rings. The molecule has 2 heterocycles. The van der Waals surface area contributed by atoms with Crippen molar-refractivity contribution in [1.82, 2.24) is 5.16 Å². The third-order valence-electron chi connectivity index (χ3n) is 2.70. The zero-order chi connectivity index (χ0) is 13.4. The van der Waals surface area contributed by atoms with Crippen molar-refractivity contribution in [2.75, 3.05) is 5.73 Å². The van der Waals surface area contributed by atoms with Crippen LogP contribution in [0, 0.1) is 2.88 Å². The van der Waals surface area contributed by atoms with Crippen molar-refractivity contribution in [1.29, 1.82) is 0 Å². The van der Waals surface area contributed by atoms with E-state index >= 15 is 0 Å². The molecule has 0 bridgehead atoms. The van der Waals surface area contributed by atoms with Crippen molar-refractivity contribution in [3.63, 3.8) is 0 Å². The van der Waals surface area contributed by atoms with Crippen LogP contribution in [0.4, 0.5) is 5.88 Å². The predicted molar refractivity (Wildman–Crippen MR) is 90.1 cm³/mol. The van der Waals surface area contributed by atoms with Crippen LogP contribution in [0.25, 0.3) is 22.4 Å². The molecular formula is C13H8BrIN2OS. The number of benzene rings is 1. The first kappa shape index (κ1) is 13.1. The third-order valence-corrected chi connectivity index (χ3v) is 5.18. The predicted octanol–water partition coefficient (Wildman–Crippen LogP) is 5.02. The van der Waals surface area contributed by atoms with Crippen molar-refractivity contribution in [2.45, 2.75) is 0 Å². The highest BCUT2D eigenvalue weighted by atomic mass is 127. The molecule has 6 heteroatoms. The molecule has 0 aliphatic heterocycles. The molecule has 2 aromatic heterocycles. The smallest absolute Gasteiger partial charge is 0.230 e. The van der Waals surface area contributed by atoms with Gasteiger partial charge in [0.15, 0.2) is 0 Å². The van der Waals surface area contributed by atoms with Gasteiger partial charge in [0.05, 0.1) is 8.45 Å². The standard InChI is InChI=1S/C13H8BrIN2OS/c14-9-4-2-1-3-8(9)11-12(17-18-13(11)16)7-5-10(15)19-6-7/h1-6H,16H2. The maximum Gasteiger partial charge on any atom is 0.230 e. The zero-order valence-electron chi connectivity index (χ0n) is 9.56. The SMILES string of the molecule is Nc1onc(-c2csc(I)c2)c1-c1ccccc1Br. The lowest BCUT2D eigenvalue weighted by molar-refractivity contribution is 0.439. The second-order valence-electron chi connectivity index (χ2n) is 3.89. The molecule has 0 unspecified atom stereocenters. The van der Waals surface area contributed by atoms with Gasteiger partial charge in [0.1, 0.15) is 5.69 Å². The molecule has 19 heavy (non-hydrogen) atoms. The lowest BCUT2D eigenvalue weighted by atomic mass is 10.0. The van der Waals surface area contributed by atoms with Gasteiger partial charge in [-0.1, -0.05) is 39.3 Å². The number of nitrogen functional groups attached to an aromatic ring is 1. The lowest BCUT2D eigenvalue weighted by Gasteiger charge is -2.03. The van der Waals surface area contributed by atoms with E-state index in [-0.39, 0.29) is 0 Å². The summed E-state index contributed by atoms with van der Waals surface area (Å²) in [6.07, 6.45) is 0. The summed E-state index contributed by atoms with van der Waals surface area (Å²) >= 11 is 7.50. The van der Waals surface area contributed by atoms with Gasteiger partial charge < -0.3 is 10.3 Å². The minimum Gasteiger partial charge on any atom is -0.367 e. The van der Waals surface area contributed by atoms with Crippen LogP contribution in [0.15, 0.2) is 44.7 Å². The highest BCUT2D eigenvalue weighted by molar-refractivity contribution is 14.1. The van der Waals surface area contributed by atoms with E-state index < -0.39 is 0 Å². The van der Waals surface area contributed by atoms with Gasteiger partial charge in [-0.3, -0.25) is 0 Å². The Bertz CT molecular complexity index is 738. The maximum atomic E-state index is 5.94. The summed E-state index contributed by atoms with van der Waals surface area (Å²) in [7, 11) is 0. The average molecular weight is 447 g/mol. The average Bonchev–Trinajstić information content (AvgIpc) is 2.96. The molecule has 0 radical (unpaired) electrons.